The molecule has 2 amide bonds. The number of rotatable bonds is 6. The highest BCUT2D eigenvalue weighted by Gasteiger charge is 2.24. The summed E-state index contributed by atoms with van der Waals surface area (Å²) in [7, 11) is 0. The van der Waals surface area contributed by atoms with E-state index in [0.29, 0.717) is 0 Å². The van der Waals surface area contributed by atoms with E-state index in [1.54, 1.807) is 0 Å². The van der Waals surface area contributed by atoms with E-state index < -0.39 is 5.41 Å². The van der Waals surface area contributed by atoms with Crippen molar-refractivity contribution in [2.24, 2.45) is 5.41 Å². The molecule has 0 aliphatic rings. The first-order chi connectivity index (χ1) is 12.3. The van der Waals surface area contributed by atoms with Crippen LogP contribution in [-0.4, -0.2) is 24.4 Å². The molecule has 0 spiro atoms. The molecule has 4 nitrogen and oxygen atoms in total. The van der Waals surface area contributed by atoms with Crippen LogP contribution in [-0.2, 0) is 9.59 Å². The standard InChI is InChI=1S/C22H28N2O2/c1-16(24-19(25)15-23-21(26)22(2,3)4)20(17-11-7-5-8-12-17)18-13-9-6-10-14-18/h5-14,16,20H,15H2,1-4H3,(H,23,26)(H,24,25). The number of nitrogens with one attached hydrogen (secondary N) is 2. The maximum Gasteiger partial charge on any atom is 0.239 e. The van der Waals surface area contributed by atoms with Crippen molar-refractivity contribution in [3.05, 3.63) is 71.8 Å². The van der Waals surface area contributed by atoms with Crippen molar-refractivity contribution in [3.8, 4) is 0 Å². The van der Waals surface area contributed by atoms with Gasteiger partial charge in [0.1, 0.15) is 0 Å². The molecule has 1 unspecified atom stereocenters. The maximum absolute atomic E-state index is 12.3. The molecule has 0 saturated carbocycles. The van der Waals surface area contributed by atoms with Gasteiger partial charge in [0.25, 0.3) is 0 Å². The number of amides is 2. The monoisotopic (exact) mass is 352 g/mol. The molecule has 0 bridgehead atoms. The smallest absolute Gasteiger partial charge is 0.239 e. The molecule has 2 N–H and O–H groups in total. The van der Waals surface area contributed by atoms with Gasteiger partial charge < -0.3 is 10.6 Å². The summed E-state index contributed by atoms with van der Waals surface area (Å²) >= 11 is 0. The summed E-state index contributed by atoms with van der Waals surface area (Å²) in [5.41, 5.74) is 1.78. The topological polar surface area (TPSA) is 58.2 Å². The van der Waals surface area contributed by atoms with Gasteiger partial charge in [0.2, 0.25) is 11.8 Å². The van der Waals surface area contributed by atoms with Crippen LogP contribution in [0.25, 0.3) is 0 Å². The largest absolute Gasteiger partial charge is 0.351 e. The Kier molecular flexibility index (Phi) is 6.56. The van der Waals surface area contributed by atoms with Gasteiger partial charge in [-0.05, 0) is 18.1 Å². The zero-order valence-electron chi connectivity index (χ0n) is 16.0. The van der Waals surface area contributed by atoms with Gasteiger partial charge in [0, 0.05) is 17.4 Å². The zero-order valence-corrected chi connectivity index (χ0v) is 16.0. The third kappa shape index (κ3) is 5.45. The van der Waals surface area contributed by atoms with Crippen molar-refractivity contribution in [1.29, 1.82) is 0 Å². The lowest BCUT2D eigenvalue weighted by molar-refractivity contribution is -0.131. The van der Waals surface area contributed by atoms with E-state index in [4.69, 9.17) is 0 Å². The van der Waals surface area contributed by atoms with Crippen molar-refractivity contribution < 1.29 is 9.59 Å². The average molecular weight is 352 g/mol. The summed E-state index contributed by atoms with van der Waals surface area (Å²) in [6.07, 6.45) is 0. The van der Waals surface area contributed by atoms with E-state index in [2.05, 4.69) is 34.9 Å². The number of carbonyl (C=O) groups excluding carboxylic acids is 2. The Bertz CT molecular complexity index is 681. The summed E-state index contributed by atoms with van der Waals surface area (Å²) in [5, 5.41) is 5.73. The van der Waals surface area contributed by atoms with Crippen LogP contribution in [0.2, 0.25) is 0 Å². The summed E-state index contributed by atoms with van der Waals surface area (Å²) < 4.78 is 0. The zero-order chi connectivity index (χ0) is 19.2. The van der Waals surface area contributed by atoms with E-state index in [1.165, 1.54) is 0 Å². The summed E-state index contributed by atoms with van der Waals surface area (Å²) in [4.78, 5) is 24.3. The Morgan fingerprint density at radius 3 is 1.77 bits per heavy atom. The number of carbonyl (C=O) groups is 2. The molecule has 0 aliphatic carbocycles. The van der Waals surface area contributed by atoms with E-state index in [1.807, 2.05) is 64.1 Å². The van der Waals surface area contributed by atoms with Gasteiger partial charge >= 0.3 is 0 Å². The highest BCUT2D eigenvalue weighted by atomic mass is 16.2. The maximum atomic E-state index is 12.3. The van der Waals surface area contributed by atoms with Crippen LogP contribution < -0.4 is 10.6 Å². The molecule has 0 radical (unpaired) electrons. The predicted octanol–water partition coefficient (Wildman–Crippen LogP) is 3.49. The van der Waals surface area contributed by atoms with Crippen molar-refractivity contribution in [2.45, 2.75) is 39.7 Å². The summed E-state index contributed by atoms with van der Waals surface area (Å²) in [6, 6.07) is 20.2. The molecule has 0 heterocycles. The molecular formula is C22H28N2O2. The summed E-state index contributed by atoms with van der Waals surface area (Å²) in [5.74, 6) is -0.283. The molecule has 1 atom stereocenters. The summed E-state index contributed by atoms with van der Waals surface area (Å²) in [6.45, 7) is 7.45. The average Bonchev–Trinajstić information content (AvgIpc) is 2.61. The van der Waals surface area contributed by atoms with Gasteiger partial charge in [0.15, 0.2) is 0 Å². The van der Waals surface area contributed by atoms with Gasteiger partial charge in [-0.1, -0.05) is 81.4 Å². The van der Waals surface area contributed by atoms with Crippen molar-refractivity contribution in [3.63, 3.8) is 0 Å². The number of benzene rings is 2. The third-order valence-electron chi connectivity index (χ3n) is 4.30. The molecular weight excluding hydrogens is 324 g/mol. The third-order valence-corrected chi connectivity index (χ3v) is 4.30. The Balaban J connectivity index is 2.09. The van der Waals surface area contributed by atoms with Gasteiger partial charge in [-0.2, -0.15) is 0 Å². The Morgan fingerprint density at radius 1 is 0.885 bits per heavy atom. The van der Waals surface area contributed by atoms with Crippen LogP contribution in [0.4, 0.5) is 0 Å². The second kappa shape index (κ2) is 8.65. The van der Waals surface area contributed by atoms with Crippen molar-refractivity contribution in [2.75, 3.05) is 6.54 Å². The fraction of sp³-hybridized carbons (Fsp3) is 0.364. The van der Waals surface area contributed by atoms with Crippen LogP contribution in [0.15, 0.2) is 60.7 Å². The first-order valence-electron chi connectivity index (χ1n) is 8.96. The Hall–Kier alpha value is -2.62. The fourth-order valence-electron chi connectivity index (χ4n) is 2.90. The van der Waals surface area contributed by atoms with Crippen LogP contribution in [0.5, 0.6) is 0 Å². The molecule has 0 aliphatic heterocycles. The lowest BCUT2D eigenvalue weighted by Gasteiger charge is -2.26. The lowest BCUT2D eigenvalue weighted by Crippen LogP contribution is -2.45. The van der Waals surface area contributed by atoms with E-state index in [-0.39, 0.29) is 30.3 Å². The van der Waals surface area contributed by atoms with Gasteiger partial charge in [-0.3, -0.25) is 9.59 Å². The molecule has 0 fully saturated rings. The molecule has 138 valence electrons. The molecule has 4 heteroatoms. The SMILES string of the molecule is CC(NC(=O)CNC(=O)C(C)(C)C)C(c1ccccc1)c1ccccc1. The second-order valence-electron chi connectivity index (χ2n) is 7.59. The first kappa shape index (κ1) is 19.7. The van der Waals surface area contributed by atoms with E-state index in [0.717, 1.165) is 11.1 Å². The number of hydrogen-bond acceptors (Lipinski definition) is 2. The minimum atomic E-state index is -0.511. The Morgan fingerprint density at radius 2 is 1.35 bits per heavy atom. The van der Waals surface area contributed by atoms with Gasteiger partial charge in [-0.25, -0.2) is 0 Å². The first-order valence-corrected chi connectivity index (χ1v) is 8.96. The molecule has 0 saturated heterocycles. The van der Waals surface area contributed by atoms with Gasteiger partial charge in [0.05, 0.1) is 6.54 Å². The molecule has 2 aromatic carbocycles. The van der Waals surface area contributed by atoms with E-state index in [9.17, 15) is 9.59 Å². The quantitative estimate of drug-likeness (QED) is 0.836. The van der Waals surface area contributed by atoms with Crippen molar-refractivity contribution >= 4 is 11.8 Å². The highest BCUT2D eigenvalue weighted by molar-refractivity contribution is 5.87. The normalized spacial score (nSPS) is 12.5. The van der Waals surface area contributed by atoms with Crippen molar-refractivity contribution in [1.82, 2.24) is 10.6 Å². The van der Waals surface area contributed by atoms with Crippen LogP contribution in [0, 0.1) is 5.41 Å². The molecule has 2 aromatic rings. The van der Waals surface area contributed by atoms with Crippen LogP contribution in [0.3, 0.4) is 0 Å². The van der Waals surface area contributed by atoms with Crippen LogP contribution in [0.1, 0.15) is 44.7 Å². The molecule has 2 rings (SSSR count). The number of hydrogen-bond donors (Lipinski definition) is 2. The van der Waals surface area contributed by atoms with E-state index >= 15 is 0 Å². The fourth-order valence-corrected chi connectivity index (χ4v) is 2.90. The molecule has 0 aromatic heterocycles. The minimum Gasteiger partial charge on any atom is -0.351 e. The Labute approximate surface area is 156 Å². The predicted molar refractivity (Wildman–Crippen MR) is 105 cm³/mol. The van der Waals surface area contributed by atoms with Gasteiger partial charge in [-0.15, -0.1) is 0 Å². The second-order valence-corrected chi connectivity index (χ2v) is 7.59. The van der Waals surface area contributed by atoms with Crippen LogP contribution >= 0.6 is 0 Å². The lowest BCUT2D eigenvalue weighted by atomic mass is 9.86. The molecule has 26 heavy (non-hydrogen) atoms. The highest BCUT2D eigenvalue weighted by Crippen LogP contribution is 2.27. The minimum absolute atomic E-state index is 0.0171.